The number of piperidine rings is 1. The molecular weight excluding hydrogens is 444 g/mol. The molecule has 4 N–H and O–H groups in total. The molecule has 2 amide bonds. The molecule has 1 aromatic carbocycles. The molecule has 0 radical (unpaired) electrons. The number of carbonyl (C=O) groups excluding carboxylic acids is 2. The number of H-pyrrole nitrogens is 1. The van der Waals surface area contributed by atoms with Gasteiger partial charge in [-0.25, -0.2) is 4.98 Å². The molecule has 0 spiro atoms. The van der Waals surface area contributed by atoms with E-state index in [-0.39, 0.29) is 18.2 Å². The van der Waals surface area contributed by atoms with Crippen LogP contribution < -0.4 is 5.32 Å². The Hall–Kier alpha value is -2.94. The molecule has 9 heteroatoms. The lowest BCUT2D eigenvalue weighted by atomic mass is 9.95. The van der Waals surface area contributed by atoms with Crippen molar-refractivity contribution in [2.75, 3.05) is 19.7 Å². The Bertz CT molecular complexity index is 1110. The summed E-state index contributed by atoms with van der Waals surface area (Å²) in [4.78, 5) is 34.7. The van der Waals surface area contributed by atoms with Crippen molar-refractivity contribution in [1.29, 1.82) is 0 Å². The van der Waals surface area contributed by atoms with E-state index in [2.05, 4.69) is 15.3 Å². The Kier molecular flexibility index (Phi) is 7.27. The largest absolute Gasteiger partial charge is 0.396 e. The third-order valence-corrected chi connectivity index (χ3v) is 6.36. The highest BCUT2D eigenvalue weighted by molar-refractivity contribution is 6.30. The fraction of sp³-hybridized carbons (Fsp3) is 0.375. The molecule has 3 aromatic rings. The number of nitrogens with one attached hydrogen (secondary N) is 2. The number of aliphatic hydroxyl groups excluding tert-OH is 2. The zero-order valence-electron chi connectivity index (χ0n) is 18.1. The number of nitrogens with zero attached hydrogens (tertiary/aromatic N) is 2. The fourth-order valence-electron chi connectivity index (χ4n) is 4.18. The number of benzene rings is 1. The molecule has 3 heterocycles. The number of aromatic nitrogens is 2. The van der Waals surface area contributed by atoms with Gasteiger partial charge in [0.2, 0.25) is 0 Å². The summed E-state index contributed by atoms with van der Waals surface area (Å²) >= 11 is 5.94. The van der Waals surface area contributed by atoms with Crippen LogP contribution in [0.1, 0.15) is 28.9 Å². The first kappa shape index (κ1) is 23.2. The molecule has 1 aliphatic heterocycles. The second-order valence-electron chi connectivity index (χ2n) is 8.44. The number of aromatic amines is 1. The number of carbonyl (C=O) groups is 2. The molecule has 174 valence electrons. The first-order chi connectivity index (χ1) is 15.9. The van der Waals surface area contributed by atoms with Gasteiger partial charge >= 0.3 is 0 Å². The highest BCUT2D eigenvalue weighted by atomic mass is 35.5. The summed E-state index contributed by atoms with van der Waals surface area (Å²) < 4.78 is 0. The van der Waals surface area contributed by atoms with Gasteiger partial charge in [-0.1, -0.05) is 41.9 Å². The SMILES string of the molecule is O=C(NC(Cc1ccccc1)[C@@H](O)C(=O)N1CCC(CO)CC1)c1cc2cc(Cl)ncc2[nH]1. The standard InChI is InChI=1S/C24H27ClN4O4/c25-21-12-17-11-19(27-20(17)13-26-21)23(32)28-18(10-15-4-2-1-3-5-15)22(31)24(33)29-8-6-16(14-30)7-9-29/h1-5,11-13,16,18,22,27,30-31H,6-10,14H2,(H,28,32)/t18?,22-/m1/s1. The lowest BCUT2D eigenvalue weighted by Crippen LogP contribution is -2.54. The molecule has 0 aliphatic carbocycles. The predicted molar refractivity (Wildman–Crippen MR) is 125 cm³/mol. The zero-order chi connectivity index (χ0) is 23.4. The molecule has 4 rings (SSSR count). The Balaban J connectivity index is 1.52. The molecule has 1 aliphatic rings. The van der Waals surface area contributed by atoms with Crippen molar-refractivity contribution in [1.82, 2.24) is 20.2 Å². The number of aliphatic hydroxyl groups is 2. The van der Waals surface area contributed by atoms with Gasteiger partial charge in [-0.3, -0.25) is 9.59 Å². The van der Waals surface area contributed by atoms with Crippen LogP contribution in [0, 0.1) is 5.92 Å². The van der Waals surface area contributed by atoms with Gasteiger partial charge < -0.3 is 25.4 Å². The third kappa shape index (κ3) is 5.52. The highest BCUT2D eigenvalue weighted by Gasteiger charge is 2.33. The highest BCUT2D eigenvalue weighted by Crippen LogP contribution is 2.20. The van der Waals surface area contributed by atoms with Gasteiger partial charge in [-0.15, -0.1) is 0 Å². The second-order valence-corrected chi connectivity index (χ2v) is 8.83. The van der Waals surface area contributed by atoms with Gasteiger partial charge in [0.25, 0.3) is 11.8 Å². The van der Waals surface area contributed by atoms with Crippen LogP contribution in [0.25, 0.3) is 10.9 Å². The summed E-state index contributed by atoms with van der Waals surface area (Å²) in [6.45, 7) is 1.05. The van der Waals surface area contributed by atoms with E-state index in [1.165, 1.54) is 0 Å². The van der Waals surface area contributed by atoms with Crippen LogP contribution in [0.3, 0.4) is 0 Å². The summed E-state index contributed by atoms with van der Waals surface area (Å²) in [5.74, 6) is -0.676. The van der Waals surface area contributed by atoms with Crippen molar-refractivity contribution < 1.29 is 19.8 Å². The summed E-state index contributed by atoms with van der Waals surface area (Å²) in [5.41, 5.74) is 1.84. The van der Waals surface area contributed by atoms with Crippen molar-refractivity contribution >= 4 is 34.3 Å². The molecule has 1 fully saturated rings. The number of hydrogen-bond acceptors (Lipinski definition) is 5. The van der Waals surface area contributed by atoms with E-state index in [9.17, 15) is 19.8 Å². The first-order valence-electron chi connectivity index (χ1n) is 11.0. The van der Waals surface area contributed by atoms with Gasteiger partial charge in [0.05, 0.1) is 17.8 Å². The van der Waals surface area contributed by atoms with Crippen molar-refractivity contribution in [3.63, 3.8) is 0 Å². The Morgan fingerprint density at radius 3 is 2.64 bits per heavy atom. The van der Waals surface area contributed by atoms with E-state index in [1.807, 2.05) is 30.3 Å². The monoisotopic (exact) mass is 470 g/mol. The predicted octanol–water partition coefficient (Wildman–Crippen LogP) is 2.15. The maximum Gasteiger partial charge on any atom is 0.268 e. The minimum Gasteiger partial charge on any atom is -0.396 e. The van der Waals surface area contributed by atoms with Crippen LogP contribution >= 0.6 is 11.6 Å². The van der Waals surface area contributed by atoms with Crippen molar-refractivity contribution in [2.45, 2.75) is 31.4 Å². The lowest BCUT2D eigenvalue weighted by Gasteiger charge is -2.34. The smallest absolute Gasteiger partial charge is 0.268 e. The molecule has 2 atom stereocenters. The normalized spacial score (nSPS) is 16.5. The maximum atomic E-state index is 13.1. The maximum absolute atomic E-state index is 13.1. The number of pyridine rings is 1. The van der Waals surface area contributed by atoms with E-state index in [0.29, 0.717) is 43.0 Å². The molecule has 8 nitrogen and oxygen atoms in total. The van der Waals surface area contributed by atoms with Crippen LogP contribution in [0.15, 0.2) is 48.7 Å². The Morgan fingerprint density at radius 1 is 1.21 bits per heavy atom. The second kappa shape index (κ2) is 10.3. The molecule has 1 saturated heterocycles. The van der Waals surface area contributed by atoms with Crippen LogP contribution in [-0.4, -0.2) is 68.7 Å². The van der Waals surface area contributed by atoms with E-state index >= 15 is 0 Å². The lowest BCUT2D eigenvalue weighted by molar-refractivity contribution is -0.143. The average Bonchev–Trinajstić information content (AvgIpc) is 3.27. The van der Waals surface area contributed by atoms with Gasteiger partial charge in [0.15, 0.2) is 6.10 Å². The average molecular weight is 471 g/mol. The summed E-state index contributed by atoms with van der Waals surface area (Å²) in [7, 11) is 0. The Morgan fingerprint density at radius 2 is 1.94 bits per heavy atom. The quantitative estimate of drug-likeness (QED) is 0.394. The molecule has 2 aromatic heterocycles. The van der Waals surface area contributed by atoms with Crippen molar-refractivity contribution in [3.05, 3.63) is 65.1 Å². The van der Waals surface area contributed by atoms with Crippen LogP contribution in [0.4, 0.5) is 0 Å². The number of halogens is 1. The van der Waals surface area contributed by atoms with E-state index < -0.39 is 24.0 Å². The summed E-state index contributed by atoms with van der Waals surface area (Å²) in [6.07, 6.45) is 1.82. The van der Waals surface area contributed by atoms with Gasteiger partial charge in [0.1, 0.15) is 10.8 Å². The van der Waals surface area contributed by atoms with E-state index in [1.54, 1.807) is 23.2 Å². The number of fused-ring (bicyclic) bond motifs is 1. The summed E-state index contributed by atoms with van der Waals surface area (Å²) in [6, 6.07) is 11.9. The number of likely N-dealkylation sites (tertiary alicyclic amines) is 1. The molecule has 0 bridgehead atoms. The number of amides is 2. The van der Waals surface area contributed by atoms with Gasteiger partial charge in [0, 0.05) is 25.1 Å². The zero-order valence-corrected chi connectivity index (χ0v) is 18.8. The van der Waals surface area contributed by atoms with Gasteiger partial charge in [-0.05, 0) is 42.9 Å². The number of hydrogen-bond donors (Lipinski definition) is 4. The molecular formula is C24H27ClN4O4. The number of rotatable bonds is 7. The minimum absolute atomic E-state index is 0.0997. The topological polar surface area (TPSA) is 119 Å². The van der Waals surface area contributed by atoms with Crippen molar-refractivity contribution in [2.24, 2.45) is 5.92 Å². The fourth-order valence-corrected chi connectivity index (χ4v) is 4.34. The third-order valence-electron chi connectivity index (χ3n) is 6.15. The summed E-state index contributed by atoms with van der Waals surface area (Å²) in [5, 5.41) is 24.2. The molecule has 33 heavy (non-hydrogen) atoms. The Labute approximate surface area is 196 Å². The van der Waals surface area contributed by atoms with E-state index in [0.717, 1.165) is 10.9 Å². The minimum atomic E-state index is -1.40. The van der Waals surface area contributed by atoms with Crippen LogP contribution in [-0.2, 0) is 11.2 Å². The molecule has 0 saturated carbocycles. The van der Waals surface area contributed by atoms with E-state index in [4.69, 9.17) is 11.6 Å². The van der Waals surface area contributed by atoms with Crippen LogP contribution in [0.2, 0.25) is 5.15 Å². The van der Waals surface area contributed by atoms with Gasteiger partial charge in [-0.2, -0.15) is 0 Å². The first-order valence-corrected chi connectivity index (χ1v) is 11.4. The van der Waals surface area contributed by atoms with Crippen LogP contribution in [0.5, 0.6) is 0 Å². The van der Waals surface area contributed by atoms with Crippen molar-refractivity contribution in [3.8, 4) is 0 Å². The molecule has 1 unspecified atom stereocenters.